The molecule has 1 rings (SSSR count). The van der Waals surface area contributed by atoms with Gasteiger partial charge in [0.05, 0.1) is 6.07 Å². The van der Waals surface area contributed by atoms with Gasteiger partial charge in [-0.25, -0.2) is 5.01 Å². The molecule has 0 aromatic carbocycles. The van der Waals surface area contributed by atoms with E-state index in [4.69, 9.17) is 5.26 Å². The molecule has 1 radical (unpaired) electrons. The Morgan fingerprint density at radius 1 is 1.88 bits per heavy atom. The predicted octanol–water partition coefficient (Wildman–Crippen LogP) is -0.267. The molecule has 1 aliphatic rings. The second kappa shape index (κ2) is 2.12. The van der Waals surface area contributed by atoms with Crippen molar-refractivity contribution in [3.8, 4) is 6.07 Å². The second-order valence-corrected chi connectivity index (χ2v) is 1.93. The first kappa shape index (κ1) is 5.54. The molecule has 1 unspecified atom stereocenters. The molecular formula is C5H8N3. The van der Waals surface area contributed by atoms with Crippen LogP contribution in [0, 0.1) is 11.3 Å². The van der Waals surface area contributed by atoms with Crippen molar-refractivity contribution in [2.24, 2.45) is 0 Å². The second-order valence-electron chi connectivity index (χ2n) is 1.93. The fourth-order valence-electron chi connectivity index (χ4n) is 0.753. The summed E-state index contributed by atoms with van der Waals surface area (Å²) in [6.45, 7) is 0.929. The average Bonchev–Trinajstić information content (AvgIpc) is 2.14. The quantitative estimate of drug-likeness (QED) is 0.431. The molecule has 43 valence electrons. The topological polar surface area (TPSA) is 41.1 Å². The van der Waals surface area contributed by atoms with Crippen molar-refractivity contribution < 1.29 is 0 Å². The van der Waals surface area contributed by atoms with E-state index >= 15 is 0 Å². The largest absolute Gasteiger partial charge is 0.229 e. The molecule has 0 bridgehead atoms. The van der Waals surface area contributed by atoms with E-state index in [0.717, 1.165) is 13.0 Å². The molecule has 0 saturated carbocycles. The zero-order valence-corrected chi connectivity index (χ0v) is 4.83. The summed E-state index contributed by atoms with van der Waals surface area (Å²) >= 11 is 0. The third-order valence-corrected chi connectivity index (χ3v) is 1.21. The van der Waals surface area contributed by atoms with Crippen LogP contribution >= 0.6 is 0 Å². The Labute approximate surface area is 48.9 Å². The Bertz CT molecular complexity index is 115. The Kier molecular flexibility index (Phi) is 1.47. The molecule has 1 fully saturated rings. The zero-order chi connectivity index (χ0) is 5.98. The normalized spacial score (nSPS) is 30.2. The van der Waals surface area contributed by atoms with Gasteiger partial charge in [-0.15, -0.1) is 5.43 Å². The highest BCUT2D eigenvalue weighted by Gasteiger charge is 2.18. The van der Waals surface area contributed by atoms with Gasteiger partial charge in [0, 0.05) is 13.6 Å². The molecule has 0 amide bonds. The average molecular weight is 110 g/mol. The standard InChI is InChI=1S/C5H8N3/c1-8-3-2-5(4-6)7-8/h5H,2-3H2,1H3. The highest BCUT2D eigenvalue weighted by molar-refractivity contribution is 4.91. The van der Waals surface area contributed by atoms with Crippen molar-refractivity contribution in [3.05, 3.63) is 0 Å². The fourth-order valence-corrected chi connectivity index (χ4v) is 0.753. The minimum Gasteiger partial charge on any atom is -0.229 e. The molecule has 0 aromatic rings. The summed E-state index contributed by atoms with van der Waals surface area (Å²) in [5.41, 5.74) is 3.98. The summed E-state index contributed by atoms with van der Waals surface area (Å²) in [6, 6.07) is 2.02. The van der Waals surface area contributed by atoms with Crippen molar-refractivity contribution in [3.63, 3.8) is 0 Å². The molecular weight excluding hydrogens is 102 g/mol. The van der Waals surface area contributed by atoms with Gasteiger partial charge >= 0.3 is 0 Å². The monoisotopic (exact) mass is 110 g/mol. The first-order chi connectivity index (χ1) is 3.83. The van der Waals surface area contributed by atoms with Crippen LogP contribution < -0.4 is 5.43 Å². The number of nitrogens with zero attached hydrogens (tertiary/aromatic N) is 3. The Hall–Kier alpha value is -0.590. The van der Waals surface area contributed by atoms with Gasteiger partial charge in [-0.3, -0.25) is 0 Å². The highest BCUT2D eigenvalue weighted by atomic mass is 15.5. The molecule has 8 heavy (non-hydrogen) atoms. The molecule has 1 aliphatic heterocycles. The minimum absolute atomic E-state index is 0.0694. The molecule has 1 saturated heterocycles. The Balaban J connectivity index is 2.35. The summed E-state index contributed by atoms with van der Waals surface area (Å²) in [6.07, 6.45) is 0.896. The predicted molar refractivity (Wildman–Crippen MR) is 28.8 cm³/mol. The Morgan fingerprint density at radius 2 is 2.62 bits per heavy atom. The van der Waals surface area contributed by atoms with Crippen LogP contribution in [0.4, 0.5) is 0 Å². The van der Waals surface area contributed by atoms with E-state index in [1.54, 1.807) is 0 Å². The SMILES string of the molecule is CN1CCC(C#N)[N]1. The van der Waals surface area contributed by atoms with Gasteiger partial charge in [0.15, 0.2) is 0 Å². The van der Waals surface area contributed by atoms with E-state index in [-0.39, 0.29) is 6.04 Å². The lowest BCUT2D eigenvalue weighted by Crippen LogP contribution is -2.23. The van der Waals surface area contributed by atoms with Crippen LogP contribution in [0.1, 0.15) is 6.42 Å². The lowest BCUT2D eigenvalue weighted by Gasteiger charge is -2.01. The summed E-state index contributed by atoms with van der Waals surface area (Å²) in [5, 5.41) is 10.1. The number of hydrogen-bond donors (Lipinski definition) is 0. The third kappa shape index (κ3) is 0.971. The van der Waals surface area contributed by atoms with Crippen LogP contribution in [0.25, 0.3) is 0 Å². The van der Waals surface area contributed by atoms with Gasteiger partial charge in [0.2, 0.25) is 0 Å². The van der Waals surface area contributed by atoms with Crippen LogP contribution in [0.15, 0.2) is 0 Å². The summed E-state index contributed by atoms with van der Waals surface area (Å²) in [5.74, 6) is 0. The van der Waals surface area contributed by atoms with Crippen LogP contribution in [-0.4, -0.2) is 24.6 Å². The zero-order valence-electron chi connectivity index (χ0n) is 4.83. The first-order valence-electron chi connectivity index (χ1n) is 2.64. The summed E-state index contributed by atoms with van der Waals surface area (Å²) < 4.78 is 0. The van der Waals surface area contributed by atoms with Crippen molar-refractivity contribution in [1.82, 2.24) is 10.4 Å². The number of rotatable bonds is 0. The first-order valence-corrected chi connectivity index (χ1v) is 2.64. The maximum absolute atomic E-state index is 8.31. The maximum Gasteiger partial charge on any atom is 0.130 e. The van der Waals surface area contributed by atoms with Gasteiger partial charge in [0.25, 0.3) is 0 Å². The van der Waals surface area contributed by atoms with Crippen molar-refractivity contribution in [2.45, 2.75) is 12.5 Å². The van der Waals surface area contributed by atoms with Crippen molar-refractivity contribution in [1.29, 1.82) is 5.26 Å². The van der Waals surface area contributed by atoms with E-state index in [2.05, 4.69) is 11.5 Å². The third-order valence-electron chi connectivity index (χ3n) is 1.21. The van der Waals surface area contributed by atoms with E-state index in [0.29, 0.717) is 0 Å². The smallest absolute Gasteiger partial charge is 0.130 e. The molecule has 1 heterocycles. The van der Waals surface area contributed by atoms with Crippen LogP contribution in [0.5, 0.6) is 0 Å². The molecule has 1 atom stereocenters. The van der Waals surface area contributed by atoms with Gasteiger partial charge in [0.1, 0.15) is 6.04 Å². The van der Waals surface area contributed by atoms with Gasteiger partial charge in [-0.05, 0) is 6.42 Å². The summed E-state index contributed by atoms with van der Waals surface area (Å²) in [7, 11) is 1.89. The van der Waals surface area contributed by atoms with Gasteiger partial charge in [-0.2, -0.15) is 5.26 Å². The lowest BCUT2D eigenvalue weighted by molar-refractivity contribution is 0.295. The minimum atomic E-state index is -0.0694. The molecule has 0 aromatic heterocycles. The Morgan fingerprint density at radius 3 is 2.88 bits per heavy atom. The van der Waals surface area contributed by atoms with Crippen molar-refractivity contribution >= 4 is 0 Å². The van der Waals surface area contributed by atoms with Gasteiger partial charge < -0.3 is 0 Å². The van der Waals surface area contributed by atoms with Crippen LogP contribution in [0.2, 0.25) is 0 Å². The fraction of sp³-hybridized carbons (Fsp3) is 0.800. The number of hydrogen-bond acceptors (Lipinski definition) is 2. The van der Waals surface area contributed by atoms with Crippen molar-refractivity contribution in [2.75, 3.05) is 13.6 Å². The molecule has 3 heteroatoms. The molecule has 0 N–H and O–H groups in total. The molecule has 0 aliphatic carbocycles. The molecule has 0 spiro atoms. The maximum atomic E-state index is 8.31. The van der Waals surface area contributed by atoms with E-state index < -0.39 is 0 Å². The van der Waals surface area contributed by atoms with E-state index in [1.165, 1.54) is 0 Å². The van der Waals surface area contributed by atoms with E-state index in [1.807, 2.05) is 12.1 Å². The highest BCUT2D eigenvalue weighted by Crippen LogP contribution is 2.02. The van der Waals surface area contributed by atoms with Crippen LogP contribution in [-0.2, 0) is 0 Å². The number of nitriles is 1. The lowest BCUT2D eigenvalue weighted by atomic mass is 10.3. The van der Waals surface area contributed by atoms with E-state index in [9.17, 15) is 0 Å². The summed E-state index contributed by atoms with van der Waals surface area (Å²) in [4.78, 5) is 0. The molecule has 3 nitrogen and oxygen atoms in total. The van der Waals surface area contributed by atoms with Gasteiger partial charge in [-0.1, -0.05) is 0 Å². The van der Waals surface area contributed by atoms with Crippen LogP contribution in [0.3, 0.4) is 0 Å².